The van der Waals surface area contributed by atoms with E-state index in [0.717, 1.165) is 18.4 Å². The van der Waals surface area contributed by atoms with Gasteiger partial charge < -0.3 is 19.8 Å². The van der Waals surface area contributed by atoms with Crippen LogP contribution in [0.3, 0.4) is 0 Å². The minimum absolute atomic E-state index is 0.118. The molecule has 1 aliphatic rings. The summed E-state index contributed by atoms with van der Waals surface area (Å²) in [6.07, 6.45) is 5.29. The van der Waals surface area contributed by atoms with Crippen molar-refractivity contribution >= 4 is 29.1 Å². The van der Waals surface area contributed by atoms with E-state index in [2.05, 4.69) is 15.6 Å². The molecule has 2 aromatic heterocycles. The summed E-state index contributed by atoms with van der Waals surface area (Å²) in [5, 5.41) is 5.51. The molecule has 0 saturated heterocycles. The normalized spacial score (nSPS) is 13.1. The Bertz CT molecular complexity index is 1100. The van der Waals surface area contributed by atoms with Crippen LogP contribution in [0.5, 0.6) is 0 Å². The van der Waals surface area contributed by atoms with E-state index in [4.69, 9.17) is 4.74 Å². The van der Waals surface area contributed by atoms with Crippen LogP contribution in [0.25, 0.3) is 5.65 Å². The van der Waals surface area contributed by atoms with Crippen molar-refractivity contribution in [3.8, 4) is 0 Å². The molecule has 0 unspecified atom stereocenters. The molecule has 2 heterocycles. The Morgan fingerprint density at radius 2 is 2.00 bits per heavy atom. The Morgan fingerprint density at radius 1 is 1.21 bits per heavy atom. The number of hydrogen-bond donors (Lipinski definition) is 2. The number of carbonyl (C=O) groups is 3. The number of carbonyl (C=O) groups excluding carboxylic acids is 3. The Labute approximate surface area is 166 Å². The summed E-state index contributed by atoms with van der Waals surface area (Å²) in [5.74, 6) is -1.47. The molecule has 8 nitrogen and oxygen atoms in total. The lowest BCUT2D eigenvalue weighted by molar-refractivity contribution is -0.119. The first-order valence-corrected chi connectivity index (χ1v) is 9.32. The van der Waals surface area contributed by atoms with Crippen LogP contribution in [0.15, 0.2) is 48.8 Å². The second kappa shape index (κ2) is 7.75. The molecule has 2 amide bonds. The molecular formula is C21H20N4O4. The number of rotatable bonds is 6. The number of amides is 2. The molecule has 148 valence electrons. The number of esters is 1. The maximum atomic E-state index is 12.3. The number of anilines is 1. The number of hydrogen-bond acceptors (Lipinski definition) is 5. The summed E-state index contributed by atoms with van der Waals surface area (Å²) >= 11 is 0. The number of aryl methyl sites for hydroxylation is 1. The first-order chi connectivity index (χ1) is 14.0. The van der Waals surface area contributed by atoms with Gasteiger partial charge >= 0.3 is 5.97 Å². The fourth-order valence-corrected chi connectivity index (χ4v) is 2.85. The average Bonchev–Trinajstić information content (AvgIpc) is 3.41. The molecule has 29 heavy (non-hydrogen) atoms. The maximum absolute atomic E-state index is 12.3. The van der Waals surface area contributed by atoms with Gasteiger partial charge in [-0.25, -0.2) is 9.78 Å². The van der Waals surface area contributed by atoms with E-state index >= 15 is 0 Å². The largest absolute Gasteiger partial charge is 0.451 e. The topological polar surface area (TPSA) is 102 Å². The second-order valence-corrected chi connectivity index (χ2v) is 7.01. The third kappa shape index (κ3) is 4.43. The van der Waals surface area contributed by atoms with Gasteiger partial charge in [-0.1, -0.05) is 12.1 Å². The first kappa shape index (κ1) is 18.7. The molecule has 3 aromatic rings. The van der Waals surface area contributed by atoms with Gasteiger partial charge in [0.2, 0.25) is 0 Å². The van der Waals surface area contributed by atoms with E-state index in [0.29, 0.717) is 16.9 Å². The van der Waals surface area contributed by atoms with Gasteiger partial charge in [0, 0.05) is 18.4 Å². The van der Waals surface area contributed by atoms with Crippen LogP contribution in [0, 0.1) is 6.92 Å². The molecule has 1 saturated carbocycles. The van der Waals surface area contributed by atoms with Crippen molar-refractivity contribution in [3.05, 3.63) is 65.6 Å². The third-order valence-electron chi connectivity index (χ3n) is 4.52. The van der Waals surface area contributed by atoms with Crippen molar-refractivity contribution in [1.82, 2.24) is 14.7 Å². The number of benzene rings is 1. The summed E-state index contributed by atoms with van der Waals surface area (Å²) in [6.45, 7) is 1.45. The summed E-state index contributed by atoms with van der Waals surface area (Å²) in [4.78, 5) is 41.0. The zero-order valence-electron chi connectivity index (χ0n) is 15.8. The molecular weight excluding hydrogens is 372 g/mol. The van der Waals surface area contributed by atoms with Gasteiger partial charge in [0.25, 0.3) is 11.8 Å². The smallest absolute Gasteiger partial charge is 0.359 e. The number of para-hydroxylation sites is 1. The Morgan fingerprint density at radius 3 is 2.79 bits per heavy atom. The van der Waals surface area contributed by atoms with Crippen LogP contribution in [-0.4, -0.2) is 39.8 Å². The number of pyridine rings is 1. The maximum Gasteiger partial charge on any atom is 0.359 e. The van der Waals surface area contributed by atoms with Crippen molar-refractivity contribution in [2.45, 2.75) is 25.8 Å². The molecule has 1 aliphatic carbocycles. The monoisotopic (exact) mass is 392 g/mol. The fourth-order valence-electron chi connectivity index (χ4n) is 2.85. The third-order valence-corrected chi connectivity index (χ3v) is 4.52. The minimum Gasteiger partial charge on any atom is -0.451 e. The highest BCUT2D eigenvalue weighted by molar-refractivity contribution is 6.04. The van der Waals surface area contributed by atoms with Crippen molar-refractivity contribution in [2.24, 2.45) is 0 Å². The van der Waals surface area contributed by atoms with E-state index in [1.165, 1.54) is 0 Å². The lowest BCUT2D eigenvalue weighted by Gasteiger charge is -2.11. The van der Waals surface area contributed by atoms with E-state index in [1.807, 2.05) is 19.1 Å². The number of imidazole rings is 1. The predicted molar refractivity (Wildman–Crippen MR) is 106 cm³/mol. The summed E-state index contributed by atoms with van der Waals surface area (Å²) in [7, 11) is 0. The van der Waals surface area contributed by atoms with E-state index in [9.17, 15) is 14.4 Å². The lowest BCUT2D eigenvalue weighted by atomic mass is 10.1. The van der Waals surface area contributed by atoms with Crippen LogP contribution in [0.1, 0.15) is 39.3 Å². The summed E-state index contributed by atoms with van der Waals surface area (Å²) in [6, 6.07) is 10.7. The highest BCUT2D eigenvalue weighted by Gasteiger charge is 2.25. The van der Waals surface area contributed by atoms with E-state index in [-0.39, 0.29) is 17.6 Å². The van der Waals surface area contributed by atoms with E-state index in [1.54, 1.807) is 41.1 Å². The van der Waals surface area contributed by atoms with Gasteiger partial charge in [-0.2, -0.15) is 0 Å². The quantitative estimate of drug-likeness (QED) is 0.627. The zero-order valence-corrected chi connectivity index (χ0v) is 15.8. The lowest BCUT2D eigenvalue weighted by Crippen LogP contribution is -2.28. The number of nitrogens with zero attached hydrogens (tertiary/aromatic N) is 2. The number of nitrogens with one attached hydrogen (secondary N) is 2. The Kier molecular flexibility index (Phi) is 4.99. The molecule has 0 bridgehead atoms. The molecule has 2 N–H and O–H groups in total. The minimum atomic E-state index is -0.693. The van der Waals surface area contributed by atoms with Crippen molar-refractivity contribution in [2.75, 3.05) is 11.9 Å². The molecule has 0 radical (unpaired) electrons. The number of aromatic nitrogens is 2. The zero-order chi connectivity index (χ0) is 20.4. The van der Waals surface area contributed by atoms with Gasteiger partial charge in [0.15, 0.2) is 12.3 Å². The van der Waals surface area contributed by atoms with Gasteiger partial charge in [0.1, 0.15) is 5.65 Å². The van der Waals surface area contributed by atoms with E-state index < -0.39 is 18.5 Å². The van der Waals surface area contributed by atoms with Crippen LogP contribution in [0.2, 0.25) is 0 Å². The number of ether oxygens (including phenoxy) is 1. The Hall–Kier alpha value is -3.68. The summed E-state index contributed by atoms with van der Waals surface area (Å²) in [5.41, 5.74) is 2.50. The molecule has 0 spiro atoms. The van der Waals surface area contributed by atoms with Crippen molar-refractivity contribution in [1.29, 1.82) is 0 Å². The van der Waals surface area contributed by atoms with Crippen LogP contribution >= 0.6 is 0 Å². The predicted octanol–water partition coefficient (Wildman–Crippen LogP) is 2.33. The van der Waals surface area contributed by atoms with Gasteiger partial charge in [-0.05, 0) is 49.6 Å². The molecule has 8 heteroatoms. The molecule has 0 atom stereocenters. The molecule has 1 fully saturated rings. The number of fused-ring (bicyclic) bond motifs is 1. The highest BCUT2D eigenvalue weighted by Crippen LogP contribution is 2.21. The average molecular weight is 392 g/mol. The van der Waals surface area contributed by atoms with Crippen molar-refractivity contribution in [3.63, 3.8) is 0 Å². The highest BCUT2D eigenvalue weighted by atomic mass is 16.5. The van der Waals surface area contributed by atoms with Crippen LogP contribution in [0.4, 0.5) is 5.69 Å². The fraction of sp³-hybridized carbons (Fsp3) is 0.238. The summed E-state index contributed by atoms with van der Waals surface area (Å²) < 4.78 is 6.78. The molecule has 0 aliphatic heterocycles. The van der Waals surface area contributed by atoms with Crippen LogP contribution < -0.4 is 10.6 Å². The Balaban J connectivity index is 1.37. The second-order valence-electron chi connectivity index (χ2n) is 7.01. The van der Waals surface area contributed by atoms with Gasteiger partial charge in [-0.3, -0.25) is 9.59 Å². The van der Waals surface area contributed by atoms with Crippen LogP contribution in [-0.2, 0) is 9.53 Å². The standard InChI is InChI=1S/C21H20N4O4/c1-13-8-9-25-11-17(23-18(25)10-13)21(28)29-12-19(26)24-16-5-3-2-4-15(16)20(27)22-14-6-7-14/h2-5,8-11,14H,6-7,12H2,1H3,(H,22,27)(H,24,26). The van der Waals surface area contributed by atoms with Gasteiger partial charge in [0.05, 0.1) is 11.3 Å². The van der Waals surface area contributed by atoms with Gasteiger partial charge in [-0.15, -0.1) is 0 Å². The first-order valence-electron chi connectivity index (χ1n) is 9.32. The molecule has 1 aromatic carbocycles. The SMILES string of the molecule is Cc1ccn2cc(C(=O)OCC(=O)Nc3ccccc3C(=O)NC3CC3)nc2c1. The molecule has 4 rings (SSSR count). The van der Waals surface area contributed by atoms with Crippen molar-refractivity contribution < 1.29 is 19.1 Å².